The molecule has 0 radical (unpaired) electrons. The van der Waals surface area contributed by atoms with Crippen LogP contribution in [0.4, 0.5) is 5.69 Å². The SMILES string of the molecule is COC(=O)/C=C1/SC(=NC(=O)c2ccccc2)N(c2cccc3ccccc23)C1=O. The van der Waals surface area contributed by atoms with E-state index in [-0.39, 0.29) is 10.1 Å². The maximum absolute atomic E-state index is 13.2. The number of rotatable bonds is 3. The number of nitrogens with zero attached hydrogens (tertiary/aromatic N) is 2. The first-order chi connectivity index (χ1) is 14.6. The third-order valence-corrected chi connectivity index (χ3v) is 5.45. The van der Waals surface area contributed by atoms with Crippen LogP contribution in [0.5, 0.6) is 0 Å². The Morgan fingerprint density at radius 2 is 1.67 bits per heavy atom. The average molecular weight is 416 g/mol. The number of esters is 1. The molecule has 0 aromatic heterocycles. The van der Waals surface area contributed by atoms with E-state index in [1.165, 1.54) is 12.0 Å². The van der Waals surface area contributed by atoms with Crippen molar-refractivity contribution in [1.82, 2.24) is 0 Å². The molecule has 1 saturated heterocycles. The summed E-state index contributed by atoms with van der Waals surface area (Å²) < 4.78 is 4.65. The predicted molar refractivity (Wildman–Crippen MR) is 117 cm³/mol. The lowest BCUT2D eigenvalue weighted by Crippen LogP contribution is -2.29. The van der Waals surface area contributed by atoms with E-state index >= 15 is 0 Å². The molecule has 0 bridgehead atoms. The van der Waals surface area contributed by atoms with Crippen LogP contribution in [0.25, 0.3) is 10.8 Å². The van der Waals surface area contributed by atoms with E-state index < -0.39 is 17.8 Å². The van der Waals surface area contributed by atoms with Crippen molar-refractivity contribution >= 4 is 51.2 Å². The Hall–Kier alpha value is -3.71. The molecule has 4 rings (SSSR count). The Labute approximate surface area is 176 Å². The number of anilines is 1. The van der Waals surface area contributed by atoms with Gasteiger partial charge in [-0.15, -0.1) is 0 Å². The first-order valence-electron chi connectivity index (χ1n) is 9.06. The normalized spacial score (nSPS) is 16.4. The third-order valence-electron chi connectivity index (χ3n) is 4.48. The predicted octanol–water partition coefficient (Wildman–Crippen LogP) is 4.17. The molecule has 0 N–H and O–H groups in total. The van der Waals surface area contributed by atoms with Crippen LogP contribution in [0.3, 0.4) is 0 Å². The Morgan fingerprint density at radius 3 is 2.43 bits per heavy atom. The van der Waals surface area contributed by atoms with Crippen molar-refractivity contribution in [2.45, 2.75) is 0 Å². The van der Waals surface area contributed by atoms with E-state index in [4.69, 9.17) is 0 Å². The summed E-state index contributed by atoms with van der Waals surface area (Å²) in [4.78, 5) is 43.3. The fourth-order valence-corrected chi connectivity index (χ4v) is 3.99. The standard InChI is InChI=1S/C23H16N2O4S/c1-29-20(26)14-19-22(28)25(18-13-7-11-15-8-5-6-12-17(15)18)23(30-19)24-21(27)16-9-3-2-4-10-16/h2-14H,1H3/b19-14+,24-23?. The monoisotopic (exact) mass is 416 g/mol. The number of carbonyl (C=O) groups is 3. The number of ether oxygens (including phenoxy) is 1. The van der Waals surface area contributed by atoms with Gasteiger partial charge in [-0.05, 0) is 35.3 Å². The maximum atomic E-state index is 13.2. The fraction of sp³-hybridized carbons (Fsp3) is 0.0435. The van der Waals surface area contributed by atoms with Gasteiger partial charge in [0.1, 0.15) is 0 Å². The second-order valence-corrected chi connectivity index (χ2v) is 7.35. The summed E-state index contributed by atoms with van der Waals surface area (Å²) in [5, 5.41) is 1.94. The zero-order valence-corrected chi connectivity index (χ0v) is 16.8. The van der Waals surface area contributed by atoms with Crippen molar-refractivity contribution in [2.75, 3.05) is 12.0 Å². The van der Waals surface area contributed by atoms with Crippen molar-refractivity contribution in [2.24, 2.45) is 4.99 Å². The van der Waals surface area contributed by atoms with E-state index in [0.717, 1.165) is 28.6 Å². The van der Waals surface area contributed by atoms with Gasteiger partial charge >= 0.3 is 5.97 Å². The van der Waals surface area contributed by atoms with Gasteiger partial charge in [0.25, 0.3) is 11.8 Å². The molecule has 1 aliphatic heterocycles. The fourth-order valence-electron chi connectivity index (χ4n) is 3.06. The van der Waals surface area contributed by atoms with Gasteiger partial charge in [-0.25, -0.2) is 4.79 Å². The van der Waals surface area contributed by atoms with Gasteiger partial charge in [-0.1, -0.05) is 54.6 Å². The van der Waals surface area contributed by atoms with E-state index in [1.54, 1.807) is 36.4 Å². The van der Waals surface area contributed by atoms with Gasteiger partial charge in [0.2, 0.25) is 0 Å². The lowest BCUT2D eigenvalue weighted by molar-refractivity contribution is -0.135. The number of hydrogen-bond donors (Lipinski definition) is 0. The number of hydrogen-bond acceptors (Lipinski definition) is 5. The second-order valence-electron chi connectivity index (χ2n) is 6.34. The van der Waals surface area contributed by atoms with E-state index in [0.29, 0.717) is 11.3 Å². The minimum absolute atomic E-state index is 0.134. The lowest BCUT2D eigenvalue weighted by Gasteiger charge is -2.17. The Bertz CT molecular complexity index is 1210. The van der Waals surface area contributed by atoms with Gasteiger partial charge < -0.3 is 4.74 Å². The molecule has 1 aliphatic rings. The molecule has 1 fully saturated rings. The molecule has 2 amide bonds. The van der Waals surface area contributed by atoms with Gasteiger partial charge in [0.15, 0.2) is 5.17 Å². The molecule has 7 heteroatoms. The molecule has 0 aliphatic carbocycles. The van der Waals surface area contributed by atoms with Crippen LogP contribution in [-0.2, 0) is 14.3 Å². The highest BCUT2D eigenvalue weighted by Crippen LogP contribution is 2.38. The summed E-state index contributed by atoms with van der Waals surface area (Å²) in [5.41, 5.74) is 0.986. The van der Waals surface area contributed by atoms with Gasteiger partial charge in [-0.2, -0.15) is 4.99 Å². The zero-order valence-electron chi connectivity index (χ0n) is 15.9. The van der Waals surface area contributed by atoms with Crippen LogP contribution in [0.15, 0.2) is 88.8 Å². The van der Waals surface area contributed by atoms with Crippen molar-refractivity contribution < 1.29 is 19.1 Å². The van der Waals surface area contributed by atoms with E-state index in [2.05, 4.69) is 9.73 Å². The Morgan fingerprint density at radius 1 is 0.967 bits per heavy atom. The first-order valence-corrected chi connectivity index (χ1v) is 9.88. The molecule has 3 aromatic carbocycles. The number of fused-ring (bicyclic) bond motifs is 1. The number of amides is 2. The first kappa shape index (κ1) is 19.6. The third kappa shape index (κ3) is 3.75. The average Bonchev–Trinajstić information content (AvgIpc) is 3.08. The molecule has 1 heterocycles. The topological polar surface area (TPSA) is 76.0 Å². The molecule has 0 spiro atoms. The van der Waals surface area contributed by atoms with Crippen LogP contribution in [0.2, 0.25) is 0 Å². The van der Waals surface area contributed by atoms with Crippen LogP contribution >= 0.6 is 11.8 Å². The Kier molecular flexibility index (Phi) is 5.45. The van der Waals surface area contributed by atoms with Crippen molar-refractivity contribution in [3.05, 3.63) is 89.3 Å². The molecular weight excluding hydrogens is 400 g/mol. The highest BCUT2D eigenvalue weighted by atomic mass is 32.2. The largest absolute Gasteiger partial charge is 0.466 e. The van der Waals surface area contributed by atoms with Crippen molar-refractivity contribution in [3.8, 4) is 0 Å². The molecule has 0 saturated carbocycles. The van der Waals surface area contributed by atoms with Crippen molar-refractivity contribution in [3.63, 3.8) is 0 Å². The lowest BCUT2D eigenvalue weighted by atomic mass is 10.1. The number of carbonyl (C=O) groups excluding carboxylic acids is 3. The van der Waals surface area contributed by atoms with Crippen LogP contribution in [-0.4, -0.2) is 30.1 Å². The number of amidine groups is 1. The highest BCUT2D eigenvalue weighted by molar-refractivity contribution is 8.19. The maximum Gasteiger partial charge on any atom is 0.331 e. The van der Waals surface area contributed by atoms with Gasteiger partial charge in [0, 0.05) is 17.0 Å². The molecule has 0 unspecified atom stereocenters. The van der Waals surface area contributed by atoms with Crippen molar-refractivity contribution in [1.29, 1.82) is 0 Å². The summed E-state index contributed by atoms with van der Waals surface area (Å²) in [5.74, 6) is -1.57. The number of aliphatic imine (C=N–C) groups is 1. The van der Waals surface area contributed by atoms with Gasteiger partial charge in [-0.3, -0.25) is 14.5 Å². The second kappa shape index (κ2) is 8.34. The Balaban J connectivity index is 1.84. The molecule has 148 valence electrons. The quantitative estimate of drug-likeness (QED) is 0.473. The minimum Gasteiger partial charge on any atom is -0.466 e. The molecule has 6 nitrogen and oxygen atoms in total. The van der Waals surface area contributed by atoms with Gasteiger partial charge in [0.05, 0.1) is 17.7 Å². The summed E-state index contributed by atoms with van der Waals surface area (Å²) in [6.07, 6.45) is 1.11. The molecule has 0 atom stereocenters. The number of thioether (sulfide) groups is 1. The zero-order chi connectivity index (χ0) is 21.1. The molecule has 30 heavy (non-hydrogen) atoms. The van der Waals surface area contributed by atoms with E-state index in [1.807, 2.05) is 36.4 Å². The minimum atomic E-state index is -0.653. The number of benzene rings is 3. The summed E-state index contributed by atoms with van der Waals surface area (Å²) >= 11 is 0.963. The van der Waals surface area contributed by atoms with Crippen LogP contribution in [0.1, 0.15) is 10.4 Å². The molecular formula is C23H16N2O4S. The summed E-state index contributed by atoms with van der Waals surface area (Å²) in [6.45, 7) is 0. The summed E-state index contributed by atoms with van der Waals surface area (Å²) in [6, 6.07) is 21.7. The summed E-state index contributed by atoms with van der Waals surface area (Å²) in [7, 11) is 1.24. The van der Waals surface area contributed by atoms with E-state index in [9.17, 15) is 14.4 Å². The number of methoxy groups -OCH3 is 1. The van der Waals surface area contributed by atoms with Crippen LogP contribution in [0, 0.1) is 0 Å². The highest BCUT2D eigenvalue weighted by Gasteiger charge is 2.36. The smallest absolute Gasteiger partial charge is 0.331 e. The van der Waals surface area contributed by atoms with Crippen LogP contribution < -0.4 is 4.90 Å². The molecule has 3 aromatic rings.